The second kappa shape index (κ2) is 3.68. The van der Waals surface area contributed by atoms with Crippen molar-refractivity contribution in [3.05, 3.63) is 33.5 Å². The number of halogens is 3. The fourth-order valence-corrected chi connectivity index (χ4v) is 1.81. The molecule has 0 aromatic heterocycles. The Hall–Kier alpha value is 0.110. The van der Waals surface area contributed by atoms with E-state index in [9.17, 15) is 4.39 Å². The average molecular weight is 282 g/mol. The van der Waals surface area contributed by atoms with Gasteiger partial charge in [0, 0.05) is 5.33 Å². The molecule has 0 saturated carbocycles. The topological polar surface area (TPSA) is 0 Å². The minimum absolute atomic E-state index is 0.172. The number of hydrogen-bond donors (Lipinski definition) is 0. The molecule has 1 aromatic carbocycles. The number of hydrogen-bond acceptors (Lipinski definition) is 0. The average Bonchev–Trinajstić information content (AvgIpc) is 1.99. The third-order valence-corrected chi connectivity index (χ3v) is 2.65. The summed E-state index contributed by atoms with van der Waals surface area (Å²) in [5.41, 5.74) is 1.75. The highest BCUT2D eigenvalue weighted by Crippen LogP contribution is 2.21. The van der Waals surface area contributed by atoms with Crippen molar-refractivity contribution in [1.82, 2.24) is 0 Å². The second-order valence-electron chi connectivity index (χ2n) is 2.34. The van der Waals surface area contributed by atoms with Crippen molar-refractivity contribution in [1.29, 1.82) is 0 Å². The Balaban J connectivity index is 3.21. The van der Waals surface area contributed by atoms with Crippen molar-refractivity contribution >= 4 is 31.9 Å². The molecule has 0 aliphatic carbocycles. The molecule has 0 fully saturated rings. The number of benzene rings is 1. The van der Waals surface area contributed by atoms with Gasteiger partial charge in [0.2, 0.25) is 0 Å². The molecule has 0 radical (unpaired) electrons. The highest BCUT2D eigenvalue weighted by Gasteiger charge is 2.03. The molecule has 0 amide bonds. The van der Waals surface area contributed by atoms with Crippen LogP contribution in [0.4, 0.5) is 4.39 Å². The van der Waals surface area contributed by atoms with Gasteiger partial charge in [-0.05, 0) is 40.0 Å². The monoisotopic (exact) mass is 280 g/mol. The van der Waals surface area contributed by atoms with Gasteiger partial charge >= 0.3 is 0 Å². The lowest BCUT2D eigenvalue weighted by Gasteiger charge is -2.01. The molecule has 0 spiro atoms. The molecule has 0 heterocycles. The van der Waals surface area contributed by atoms with Crippen molar-refractivity contribution in [2.75, 3.05) is 0 Å². The molecule has 0 aliphatic rings. The molecular formula is C8H7Br2F. The quantitative estimate of drug-likeness (QED) is 0.687. The summed E-state index contributed by atoms with van der Waals surface area (Å²) in [6, 6.07) is 3.60. The van der Waals surface area contributed by atoms with E-state index in [1.165, 1.54) is 0 Å². The molecule has 0 atom stereocenters. The molecule has 0 N–H and O–H groups in total. The summed E-state index contributed by atoms with van der Waals surface area (Å²) in [5, 5.41) is 0.757. The normalized spacial score (nSPS) is 10.2. The zero-order chi connectivity index (χ0) is 8.43. The van der Waals surface area contributed by atoms with Gasteiger partial charge in [0.1, 0.15) is 5.82 Å². The molecule has 0 nitrogen and oxygen atoms in total. The van der Waals surface area contributed by atoms with Crippen LogP contribution < -0.4 is 0 Å². The fourth-order valence-electron chi connectivity index (χ4n) is 0.875. The summed E-state index contributed by atoms with van der Waals surface area (Å²) in [6.45, 7) is 1.76. The zero-order valence-electron chi connectivity index (χ0n) is 6.00. The van der Waals surface area contributed by atoms with Gasteiger partial charge < -0.3 is 0 Å². The number of alkyl halides is 1. The molecule has 0 unspecified atom stereocenters. The van der Waals surface area contributed by atoms with E-state index in [0.29, 0.717) is 10.0 Å². The summed E-state index contributed by atoms with van der Waals surface area (Å²) in [5.74, 6) is -0.172. The van der Waals surface area contributed by atoms with Gasteiger partial charge in [-0.2, -0.15) is 0 Å². The van der Waals surface area contributed by atoms with E-state index in [-0.39, 0.29) is 5.82 Å². The van der Waals surface area contributed by atoms with E-state index in [2.05, 4.69) is 31.9 Å². The summed E-state index contributed by atoms with van der Waals surface area (Å²) in [7, 11) is 0. The largest absolute Gasteiger partial charge is 0.205 e. The van der Waals surface area contributed by atoms with Gasteiger partial charge in [0.05, 0.1) is 4.47 Å². The Morgan fingerprint density at radius 3 is 2.55 bits per heavy atom. The highest BCUT2D eigenvalue weighted by atomic mass is 79.9. The smallest absolute Gasteiger partial charge is 0.140 e. The minimum atomic E-state index is -0.172. The molecule has 0 aliphatic heterocycles. The standard InChI is InChI=1S/C8H7Br2F/c1-5-2-6(4-9)3-7(10)8(5)11/h2-3H,4H2,1H3. The number of aryl methyl sites for hydroxylation is 1. The van der Waals surface area contributed by atoms with E-state index in [0.717, 1.165) is 10.9 Å². The first-order chi connectivity index (χ1) is 5.15. The van der Waals surface area contributed by atoms with Gasteiger partial charge in [0.15, 0.2) is 0 Å². The van der Waals surface area contributed by atoms with Crippen molar-refractivity contribution < 1.29 is 4.39 Å². The van der Waals surface area contributed by atoms with Crippen LogP contribution in [0.25, 0.3) is 0 Å². The van der Waals surface area contributed by atoms with Crippen LogP contribution in [0.15, 0.2) is 16.6 Å². The van der Waals surface area contributed by atoms with Crippen LogP contribution in [0, 0.1) is 12.7 Å². The van der Waals surface area contributed by atoms with Crippen LogP contribution in [0.2, 0.25) is 0 Å². The van der Waals surface area contributed by atoms with E-state index in [1.807, 2.05) is 6.07 Å². The fraction of sp³-hybridized carbons (Fsp3) is 0.250. The van der Waals surface area contributed by atoms with Gasteiger partial charge in [0.25, 0.3) is 0 Å². The molecular weight excluding hydrogens is 275 g/mol. The third-order valence-electron chi connectivity index (χ3n) is 1.42. The van der Waals surface area contributed by atoms with Gasteiger partial charge in [-0.25, -0.2) is 4.39 Å². The van der Waals surface area contributed by atoms with Crippen molar-refractivity contribution in [3.63, 3.8) is 0 Å². The molecule has 1 rings (SSSR count). The second-order valence-corrected chi connectivity index (χ2v) is 3.76. The zero-order valence-corrected chi connectivity index (χ0v) is 9.17. The van der Waals surface area contributed by atoms with E-state index in [1.54, 1.807) is 13.0 Å². The van der Waals surface area contributed by atoms with E-state index in [4.69, 9.17) is 0 Å². The SMILES string of the molecule is Cc1cc(CBr)cc(Br)c1F. The van der Waals surface area contributed by atoms with Crippen LogP contribution >= 0.6 is 31.9 Å². The number of rotatable bonds is 1. The Morgan fingerprint density at radius 2 is 2.09 bits per heavy atom. The molecule has 1 aromatic rings. The lowest BCUT2D eigenvalue weighted by molar-refractivity contribution is 0.611. The molecule has 0 saturated heterocycles. The summed E-state index contributed by atoms with van der Waals surface area (Å²) in [6.07, 6.45) is 0. The van der Waals surface area contributed by atoms with Gasteiger partial charge in [-0.1, -0.05) is 22.0 Å². The van der Waals surface area contributed by atoms with Crippen LogP contribution in [-0.2, 0) is 5.33 Å². The summed E-state index contributed by atoms with van der Waals surface area (Å²) in [4.78, 5) is 0. The molecule has 60 valence electrons. The van der Waals surface area contributed by atoms with E-state index < -0.39 is 0 Å². The van der Waals surface area contributed by atoms with Crippen LogP contribution in [-0.4, -0.2) is 0 Å². The highest BCUT2D eigenvalue weighted by molar-refractivity contribution is 9.10. The first-order valence-electron chi connectivity index (χ1n) is 3.15. The predicted octanol–water partition coefficient (Wildman–Crippen LogP) is 3.79. The first kappa shape index (κ1) is 9.20. The van der Waals surface area contributed by atoms with Gasteiger partial charge in [-0.15, -0.1) is 0 Å². The molecule has 3 heteroatoms. The Bertz CT molecular complexity index is 248. The minimum Gasteiger partial charge on any atom is -0.205 e. The maximum absolute atomic E-state index is 13.0. The molecule has 11 heavy (non-hydrogen) atoms. The Labute approximate surface area is 82.1 Å². The maximum atomic E-state index is 13.0. The predicted molar refractivity (Wildman–Crippen MR) is 51.5 cm³/mol. The third kappa shape index (κ3) is 2.03. The summed E-state index contributed by atoms with van der Waals surface area (Å²) >= 11 is 6.45. The first-order valence-corrected chi connectivity index (χ1v) is 5.07. The summed E-state index contributed by atoms with van der Waals surface area (Å²) < 4.78 is 13.5. The van der Waals surface area contributed by atoms with Crippen LogP contribution in [0.3, 0.4) is 0 Å². The van der Waals surface area contributed by atoms with E-state index >= 15 is 0 Å². The van der Waals surface area contributed by atoms with Crippen molar-refractivity contribution in [2.45, 2.75) is 12.3 Å². The lowest BCUT2D eigenvalue weighted by Crippen LogP contribution is -1.87. The lowest BCUT2D eigenvalue weighted by atomic mass is 10.1. The molecule has 0 bridgehead atoms. The van der Waals surface area contributed by atoms with Crippen LogP contribution in [0.1, 0.15) is 11.1 Å². The van der Waals surface area contributed by atoms with Crippen LogP contribution in [0.5, 0.6) is 0 Å². The van der Waals surface area contributed by atoms with Crippen molar-refractivity contribution in [2.24, 2.45) is 0 Å². The van der Waals surface area contributed by atoms with Gasteiger partial charge in [-0.3, -0.25) is 0 Å². The maximum Gasteiger partial charge on any atom is 0.140 e. The Morgan fingerprint density at radius 1 is 1.45 bits per heavy atom. The Kier molecular flexibility index (Phi) is 3.07. The van der Waals surface area contributed by atoms with Crippen molar-refractivity contribution in [3.8, 4) is 0 Å².